The summed E-state index contributed by atoms with van der Waals surface area (Å²) in [5, 5.41) is 3.00. The van der Waals surface area contributed by atoms with Gasteiger partial charge in [0, 0.05) is 19.6 Å². The van der Waals surface area contributed by atoms with Gasteiger partial charge in [0.1, 0.15) is 11.5 Å². The number of fused-ring (bicyclic) bond motifs is 1. The predicted octanol–water partition coefficient (Wildman–Crippen LogP) is 3.57. The molecule has 3 aromatic rings. The molecule has 1 aliphatic heterocycles. The van der Waals surface area contributed by atoms with Gasteiger partial charge in [0.2, 0.25) is 0 Å². The van der Waals surface area contributed by atoms with Crippen LogP contribution in [0.4, 0.5) is 0 Å². The summed E-state index contributed by atoms with van der Waals surface area (Å²) >= 11 is 0. The number of amides is 1. The lowest BCUT2D eigenvalue weighted by Gasteiger charge is -2.34. The smallest absolute Gasteiger partial charge is 0.258 e. The summed E-state index contributed by atoms with van der Waals surface area (Å²) < 4.78 is 11.2. The van der Waals surface area contributed by atoms with E-state index in [1.54, 1.807) is 6.26 Å². The first-order valence-electron chi connectivity index (χ1n) is 9.58. The molecule has 5 heteroatoms. The molecular formula is C23H24N2O3. The third-order valence-electron chi connectivity index (χ3n) is 5.08. The molecule has 0 aliphatic carbocycles. The molecule has 0 spiro atoms. The number of hydrogen-bond acceptors (Lipinski definition) is 4. The van der Waals surface area contributed by atoms with Crippen LogP contribution in [0.5, 0.6) is 5.75 Å². The zero-order valence-electron chi connectivity index (χ0n) is 15.7. The minimum Gasteiger partial charge on any atom is -0.484 e. The first kappa shape index (κ1) is 18.3. The quantitative estimate of drug-likeness (QED) is 0.685. The molecule has 0 unspecified atom stereocenters. The van der Waals surface area contributed by atoms with Crippen LogP contribution in [0.1, 0.15) is 22.9 Å². The van der Waals surface area contributed by atoms with Crippen molar-refractivity contribution in [1.29, 1.82) is 0 Å². The Hall–Kier alpha value is -3.05. The van der Waals surface area contributed by atoms with E-state index >= 15 is 0 Å². The molecule has 0 saturated heterocycles. The summed E-state index contributed by atoms with van der Waals surface area (Å²) in [7, 11) is 0. The Bertz CT molecular complexity index is 893. The maximum atomic E-state index is 12.3. The first-order valence-corrected chi connectivity index (χ1v) is 9.58. The zero-order chi connectivity index (χ0) is 19.2. The highest BCUT2D eigenvalue weighted by Gasteiger charge is 2.27. The number of hydrogen-bond donors (Lipinski definition) is 1. The van der Waals surface area contributed by atoms with E-state index in [1.165, 1.54) is 11.1 Å². The van der Waals surface area contributed by atoms with Crippen molar-refractivity contribution >= 4 is 5.91 Å². The van der Waals surface area contributed by atoms with Crippen LogP contribution in [0.2, 0.25) is 0 Å². The molecule has 1 aliphatic rings. The van der Waals surface area contributed by atoms with Crippen LogP contribution in [0.3, 0.4) is 0 Å². The number of furan rings is 1. The number of nitrogens with zero attached hydrogens (tertiary/aromatic N) is 1. The van der Waals surface area contributed by atoms with Gasteiger partial charge in [-0.1, -0.05) is 42.5 Å². The Morgan fingerprint density at radius 2 is 1.82 bits per heavy atom. The standard InChI is InChI=1S/C23H24N2O3/c26-23(17-28-20-9-2-1-3-10-20)24-15-21(22-11-6-14-27-22)25-13-12-18-7-4-5-8-19(18)16-25/h1-11,14,21H,12-13,15-17H2,(H,24,26)/t21-/m0/s1. The van der Waals surface area contributed by atoms with E-state index in [9.17, 15) is 4.79 Å². The Labute approximate surface area is 164 Å². The van der Waals surface area contributed by atoms with E-state index in [1.807, 2.05) is 42.5 Å². The molecular weight excluding hydrogens is 352 g/mol. The van der Waals surface area contributed by atoms with E-state index in [0.29, 0.717) is 12.3 Å². The maximum Gasteiger partial charge on any atom is 0.258 e. The van der Waals surface area contributed by atoms with Gasteiger partial charge in [-0.05, 0) is 41.8 Å². The number of rotatable bonds is 7. The van der Waals surface area contributed by atoms with Crippen LogP contribution < -0.4 is 10.1 Å². The van der Waals surface area contributed by atoms with Crippen molar-refractivity contribution in [3.63, 3.8) is 0 Å². The molecule has 1 aromatic heterocycles. The third-order valence-corrected chi connectivity index (χ3v) is 5.08. The van der Waals surface area contributed by atoms with Crippen molar-refractivity contribution in [1.82, 2.24) is 10.2 Å². The zero-order valence-corrected chi connectivity index (χ0v) is 15.7. The summed E-state index contributed by atoms with van der Waals surface area (Å²) in [6.45, 7) is 2.25. The van der Waals surface area contributed by atoms with Gasteiger partial charge in [0.05, 0.1) is 12.3 Å². The topological polar surface area (TPSA) is 54.7 Å². The van der Waals surface area contributed by atoms with Gasteiger partial charge in [0.25, 0.3) is 5.91 Å². The molecule has 0 saturated carbocycles. The summed E-state index contributed by atoms with van der Waals surface area (Å²) in [5.41, 5.74) is 2.74. The van der Waals surface area contributed by atoms with Gasteiger partial charge < -0.3 is 14.5 Å². The molecule has 2 aromatic carbocycles. The number of carbonyl (C=O) groups is 1. The van der Waals surface area contributed by atoms with Crippen molar-refractivity contribution in [2.45, 2.75) is 19.0 Å². The molecule has 28 heavy (non-hydrogen) atoms. The van der Waals surface area contributed by atoms with Crippen LogP contribution in [0.15, 0.2) is 77.4 Å². The van der Waals surface area contributed by atoms with Crippen LogP contribution in [-0.4, -0.2) is 30.5 Å². The molecule has 0 radical (unpaired) electrons. The second-order valence-corrected chi connectivity index (χ2v) is 6.93. The molecule has 0 fully saturated rings. The van der Waals surface area contributed by atoms with Crippen LogP contribution in [0, 0.1) is 0 Å². The Kier molecular flexibility index (Phi) is 5.73. The van der Waals surface area contributed by atoms with Gasteiger partial charge in [-0.15, -0.1) is 0 Å². The molecule has 144 valence electrons. The number of benzene rings is 2. The minimum atomic E-state index is -0.141. The monoisotopic (exact) mass is 376 g/mol. The average Bonchev–Trinajstić information content (AvgIpc) is 3.27. The van der Waals surface area contributed by atoms with E-state index in [-0.39, 0.29) is 18.6 Å². The Morgan fingerprint density at radius 3 is 2.61 bits per heavy atom. The van der Waals surface area contributed by atoms with Gasteiger partial charge in [-0.2, -0.15) is 0 Å². The lowest BCUT2D eigenvalue weighted by Crippen LogP contribution is -2.41. The second-order valence-electron chi connectivity index (χ2n) is 6.93. The predicted molar refractivity (Wildman–Crippen MR) is 107 cm³/mol. The number of ether oxygens (including phenoxy) is 1. The fraction of sp³-hybridized carbons (Fsp3) is 0.261. The molecule has 1 amide bonds. The van der Waals surface area contributed by atoms with Gasteiger partial charge in [-0.25, -0.2) is 0 Å². The first-order chi connectivity index (χ1) is 13.8. The second kappa shape index (κ2) is 8.76. The lowest BCUT2D eigenvalue weighted by atomic mass is 9.98. The van der Waals surface area contributed by atoms with Crippen molar-refractivity contribution in [3.8, 4) is 5.75 Å². The highest BCUT2D eigenvalue weighted by Crippen LogP contribution is 2.27. The van der Waals surface area contributed by atoms with E-state index < -0.39 is 0 Å². The molecule has 4 rings (SSSR count). The molecule has 0 bridgehead atoms. The van der Waals surface area contributed by atoms with Crippen LogP contribution in [-0.2, 0) is 17.8 Å². The molecule has 1 N–H and O–H groups in total. The largest absolute Gasteiger partial charge is 0.484 e. The van der Waals surface area contributed by atoms with E-state index in [0.717, 1.165) is 25.3 Å². The Morgan fingerprint density at radius 1 is 1.04 bits per heavy atom. The van der Waals surface area contributed by atoms with Crippen molar-refractivity contribution in [3.05, 3.63) is 89.9 Å². The molecule has 2 heterocycles. The van der Waals surface area contributed by atoms with Crippen molar-refractivity contribution < 1.29 is 13.9 Å². The number of nitrogens with one attached hydrogen (secondary N) is 1. The fourth-order valence-electron chi connectivity index (χ4n) is 3.60. The SMILES string of the molecule is O=C(COc1ccccc1)NC[C@@H](c1ccco1)N1CCc2ccccc2C1. The Balaban J connectivity index is 1.38. The number of para-hydroxylation sites is 1. The molecule has 1 atom stereocenters. The fourth-order valence-corrected chi connectivity index (χ4v) is 3.60. The summed E-state index contributed by atoms with van der Waals surface area (Å²) in [4.78, 5) is 14.6. The highest BCUT2D eigenvalue weighted by atomic mass is 16.5. The third kappa shape index (κ3) is 4.43. The normalized spacial score (nSPS) is 14.9. The average molecular weight is 376 g/mol. The summed E-state index contributed by atoms with van der Waals surface area (Å²) in [6.07, 6.45) is 2.68. The highest BCUT2D eigenvalue weighted by molar-refractivity contribution is 5.77. The van der Waals surface area contributed by atoms with E-state index in [4.69, 9.17) is 9.15 Å². The van der Waals surface area contributed by atoms with Crippen molar-refractivity contribution in [2.75, 3.05) is 19.7 Å². The van der Waals surface area contributed by atoms with Gasteiger partial charge in [0.15, 0.2) is 6.61 Å². The molecule has 5 nitrogen and oxygen atoms in total. The van der Waals surface area contributed by atoms with Gasteiger partial charge >= 0.3 is 0 Å². The van der Waals surface area contributed by atoms with Crippen LogP contribution in [0.25, 0.3) is 0 Å². The maximum absolute atomic E-state index is 12.3. The van der Waals surface area contributed by atoms with E-state index in [2.05, 4.69) is 34.5 Å². The minimum absolute atomic E-state index is 0.00226. The van der Waals surface area contributed by atoms with Gasteiger partial charge in [-0.3, -0.25) is 9.69 Å². The summed E-state index contributed by atoms with van der Waals surface area (Å²) in [6, 6.07) is 21.7. The number of carbonyl (C=O) groups excluding carboxylic acids is 1. The van der Waals surface area contributed by atoms with Crippen LogP contribution >= 0.6 is 0 Å². The lowest BCUT2D eigenvalue weighted by molar-refractivity contribution is -0.123. The van der Waals surface area contributed by atoms with Crippen molar-refractivity contribution in [2.24, 2.45) is 0 Å². The summed E-state index contributed by atoms with van der Waals surface area (Å²) in [5.74, 6) is 1.41.